The number of benzene rings is 1. The maximum Gasteiger partial charge on any atom is 0.122 e. The summed E-state index contributed by atoms with van der Waals surface area (Å²) in [6.45, 7) is 6.68. The first-order valence-electron chi connectivity index (χ1n) is 5.12. The summed E-state index contributed by atoms with van der Waals surface area (Å²) in [4.78, 5) is 1.24. The SMILES string of the molecule is CC(C)C(C)Sc1ccc(C(=N)N)cc1. The van der Waals surface area contributed by atoms with Gasteiger partial charge in [-0.3, -0.25) is 5.41 Å². The Labute approximate surface area is 95.8 Å². The smallest absolute Gasteiger partial charge is 0.122 e. The van der Waals surface area contributed by atoms with Crippen LogP contribution in [-0.4, -0.2) is 11.1 Å². The maximum atomic E-state index is 7.29. The van der Waals surface area contributed by atoms with E-state index in [2.05, 4.69) is 20.8 Å². The third-order valence-electron chi connectivity index (χ3n) is 2.43. The van der Waals surface area contributed by atoms with Crippen molar-refractivity contribution in [1.82, 2.24) is 0 Å². The van der Waals surface area contributed by atoms with Crippen molar-refractivity contribution in [3.05, 3.63) is 29.8 Å². The van der Waals surface area contributed by atoms with E-state index in [0.717, 1.165) is 5.56 Å². The van der Waals surface area contributed by atoms with Crippen molar-refractivity contribution in [2.45, 2.75) is 30.9 Å². The van der Waals surface area contributed by atoms with Gasteiger partial charge in [-0.25, -0.2) is 0 Å². The van der Waals surface area contributed by atoms with Crippen LogP contribution in [0.1, 0.15) is 26.3 Å². The topological polar surface area (TPSA) is 49.9 Å². The standard InChI is InChI=1S/C12H18N2S/c1-8(2)9(3)15-11-6-4-10(5-7-11)12(13)14/h4-9H,1-3H3,(H3,13,14). The third-order valence-corrected chi connectivity index (χ3v) is 3.89. The minimum absolute atomic E-state index is 0.128. The molecule has 0 amide bonds. The van der Waals surface area contributed by atoms with Gasteiger partial charge in [0.2, 0.25) is 0 Å². The summed E-state index contributed by atoms with van der Waals surface area (Å²) >= 11 is 1.86. The molecule has 1 aromatic carbocycles. The fourth-order valence-electron chi connectivity index (χ4n) is 1.06. The van der Waals surface area contributed by atoms with Gasteiger partial charge in [-0.05, 0) is 18.1 Å². The van der Waals surface area contributed by atoms with Gasteiger partial charge in [0.1, 0.15) is 5.84 Å². The minimum atomic E-state index is 0.128. The molecule has 0 spiro atoms. The molecule has 3 heteroatoms. The molecule has 0 fully saturated rings. The Morgan fingerprint density at radius 3 is 2.13 bits per heavy atom. The lowest BCUT2D eigenvalue weighted by Crippen LogP contribution is -2.10. The van der Waals surface area contributed by atoms with Gasteiger partial charge in [-0.2, -0.15) is 0 Å². The molecule has 1 rings (SSSR count). The molecule has 1 unspecified atom stereocenters. The number of amidine groups is 1. The van der Waals surface area contributed by atoms with Gasteiger partial charge >= 0.3 is 0 Å². The van der Waals surface area contributed by atoms with Crippen molar-refractivity contribution in [3.8, 4) is 0 Å². The zero-order valence-electron chi connectivity index (χ0n) is 9.45. The van der Waals surface area contributed by atoms with Crippen LogP contribution in [0.3, 0.4) is 0 Å². The molecule has 0 aromatic heterocycles. The van der Waals surface area contributed by atoms with E-state index < -0.39 is 0 Å². The zero-order valence-corrected chi connectivity index (χ0v) is 10.3. The number of nitrogens with one attached hydrogen (secondary N) is 1. The fourth-order valence-corrected chi connectivity index (χ4v) is 2.06. The van der Waals surface area contributed by atoms with Crippen LogP contribution in [0.15, 0.2) is 29.2 Å². The van der Waals surface area contributed by atoms with Gasteiger partial charge in [-0.1, -0.05) is 32.9 Å². The summed E-state index contributed by atoms with van der Waals surface area (Å²) in [7, 11) is 0. The Morgan fingerprint density at radius 2 is 1.73 bits per heavy atom. The summed E-state index contributed by atoms with van der Waals surface area (Å²) < 4.78 is 0. The van der Waals surface area contributed by atoms with Gasteiger partial charge in [0.25, 0.3) is 0 Å². The van der Waals surface area contributed by atoms with E-state index in [4.69, 9.17) is 11.1 Å². The number of nitrogen functional groups attached to an aromatic ring is 1. The van der Waals surface area contributed by atoms with Gasteiger partial charge in [0.15, 0.2) is 0 Å². The molecule has 0 saturated heterocycles. The molecule has 2 nitrogen and oxygen atoms in total. The van der Waals surface area contributed by atoms with Crippen LogP contribution in [0.4, 0.5) is 0 Å². The predicted molar refractivity (Wildman–Crippen MR) is 67.6 cm³/mol. The van der Waals surface area contributed by atoms with Gasteiger partial charge in [-0.15, -0.1) is 11.8 Å². The highest BCUT2D eigenvalue weighted by Gasteiger charge is 2.08. The maximum absolute atomic E-state index is 7.29. The largest absolute Gasteiger partial charge is 0.384 e. The van der Waals surface area contributed by atoms with Crippen LogP contribution >= 0.6 is 11.8 Å². The highest BCUT2D eigenvalue weighted by Crippen LogP contribution is 2.27. The molecule has 1 aromatic rings. The summed E-state index contributed by atoms with van der Waals surface area (Å²) in [5.41, 5.74) is 6.18. The lowest BCUT2D eigenvalue weighted by atomic mass is 10.2. The van der Waals surface area contributed by atoms with Crippen molar-refractivity contribution in [1.29, 1.82) is 5.41 Å². The van der Waals surface area contributed by atoms with Crippen molar-refractivity contribution < 1.29 is 0 Å². The lowest BCUT2D eigenvalue weighted by Gasteiger charge is -2.14. The Bertz CT molecular complexity index is 330. The molecule has 82 valence electrons. The van der Waals surface area contributed by atoms with E-state index in [9.17, 15) is 0 Å². The summed E-state index contributed by atoms with van der Waals surface area (Å²) in [6, 6.07) is 7.86. The van der Waals surface area contributed by atoms with Crippen LogP contribution in [0.25, 0.3) is 0 Å². The van der Waals surface area contributed by atoms with Crippen molar-refractivity contribution in [2.75, 3.05) is 0 Å². The van der Waals surface area contributed by atoms with E-state index in [1.165, 1.54) is 4.90 Å². The van der Waals surface area contributed by atoms with Crippen LogP contribution in [0, 0.1) is 11.3 Å². The number of hydrogen-bond acceptors (Lipinski definition) is 2. The minimum Gasteiger partial charge on any atom is -0.384 e. The molecule has 0 aliphatic heterocycles. The van der Waals surface area contributed by atoms with E-state index in [1.54, 1.807) is 0 Å². The summed E-state index contributed by atoms with van der Waals surface area (Å²) in [6.07, 6.45) is 0. The van der Waals surface area contributed by atoms with Crippen LogP contribution in [-0.2, 0) is 0 Å². The van der Waals surface area contributed by atoms with Crippen molar-refractivity contribution in [2.24, 2.45) is 11.7 Å². The van der Waals surface area contributed by atoms with Gasteiger partial charge < -0.3 is 5.73 Å². The normalized spacial score (nSPS) is 12.8. The predicted octanol–water partition coefficient (Wildman–Crippen LogP) is 3.11. The Kier molecular flexibility index (Phi) is 4.21. The second kappa shape index (κ2) is 5.21. The molecule has 3 N–H and O–H groups in total. The number of rotatable bonds is 4. The average molecular weight is 222 g/mol. The second-order valence-corrected chi connectivity index (χ2v) is 5.46. The molecule has 0 aliphatic rings. The third kappa shape index (κ3) is 3.59. The molecular formula is C12H18N2S. The van der Waals surface area contributed by atoms with Crippen LogP contribution in [0.5, 0.6) is 0 Å². The molecule has 15 heavy (non-hydrogen) atoms. The van der Waals surface area contributed by atoms with Crippen molar-refractivity contribution >= 4 is 17.6 Å². The molecule has 1 atom stereocenters. The lowest BCUT2D eigenvalue weighted by molar-refractivity contribution is 0.642. The quantitative estimate of drug-likeness (QED) is 0.467. The van der Waals surface area contributed by atoms with E-state index >= 15 is 0 Å². The van der Waals surface area contributed by atoms with E-state index in [1.807, 2.05) is 36.0 Å². The Balaban J connectivity index is 2.68. The van der Waals surface area contributed by atoms with Crippen LogP contribution < -0.4 is 5.73 Å². The number of thioether (sulfide) groups is 1. The first-order chi connectivity index (χ1) is 7.00. The summed E-state index contributed by atoms with van der Waals surface area (Å²) in [5, 5.41) is 7.89. The zero-order chi connectivity index (χ0) is 11.4. The average Bonchev–Trinajstić information content (AvgIpc) is 2.18. The second-order valence-electron chi connectivity index (χ2n) is 4.01. The molecule has 0 aliphatic carbocycles. The first-order valence-corrected chi connectivity index (χ1v) is 5.99. The monoisotopic (exact) mass is 222 g/mol. The molecule has 0 saturated carbocycles. The van der Waals surface area contributed by atoms with E-state index in [0.29, 0.717) is 11.2 Å². The number of hydrogen-bond donors (Lipinski definition) is 2. The highest BCUT2D eigenvalue weighted by molar-refractivity contribution is 8.00. The highest BCUT2D eigenvalue weighted by atomic mass is 32.2. The molecular weight excluding hydrogens is 204 g/mol. The van der Waals surface area contributed by atoms with Gasteiger partial charge in [0.05, 0.1) is 0 Å². The first kappa shape index (κ1) is 12.1. The fraction of sp³-hybridized carbons (Fsp3) is 0.417. The molecule has 0 bridgehead atoms. The van der Waals surface area contributed by atoms with Crippen LogP contribution in [0.2, 0.25) is 0 Å². The number of nitrogens with two attached hydrogens (primary N) is 1. The Morgan fingerprint density at radius 1 is 1.20 bits per heavy atom. The molecule has 0 heterocycles. The van der Waals surface area contributed by atoms with Gasteiger partial charge in [0, 0.05) is 15.7 Å². The molecule has 0 radical (unpaired) electrons. The summed E-state index contributed by atoms with van der Waals surface area (Å²) in [5.74, 6) is 0.797. The Hall–Kier alpha value is -0.960. The van der Waals surface area contributed by atoms with E-state index in [-0.39, 0.29) is 5.84 Å². The van der Waals surface area contributed by atoms with Crippen molar-refractivity contribution in [3.63, 3.8) is 0 Å².